The number of nitrogens with one attached hydrogen (secondary N) is 2. The third kappa shape index (κ3) is 4.64. The molecule has 4 aliphatic carbocycles. The zero-order valence-corrected chi connectivity index (χ0v) is 25.9. The number of halogens is 1. The van der Waals surface area contributed by atoms with E-state index in [1.165, 1.54) is 19.0 Å². The van der Waals surface area contributed by atoms with Crippen molar-refractivity contribution in [3.8, 4) is 5.75 Å². The summed E-state index contributed by atoms with van der Waals surface area (Å²) in [5.74, 6) is -7.52. The maximum atomic E-state index is 14.1. The number of fused-ring (bicyclic) bond motifs is 3. The van der Waals surface area contributed by atoms with Gasteiger partial charge in [-0.25, -0.2) is 0 Å². The van der Waals surface area contributed by atoms with E-state index in [1.807, 2.05) is 0 Å². The fourth-order valence-corrected chi connectivity index (χ4v) is 7.82. The molecule has 0 spiro atoms. The summed E-state index contributed by atoms with van der Waals surface area (Å²) in [4.78, 5) is 55.6. The molecule has 1 aromatic rings. The Bertz CT molecular complexity index is 1550. The number of ketones is 2. The van der Waals surface area contributed by atoms with Crippen LogP contribution in [0.1, 0.15) is 37.3 Å². The van der Waals surface area contributed by atoms with Gasteiger partial charge < -0.3 is 41.7 Å². The fourth-order valence-electron chi connectivity index (χ4n) is 7.40. The van der Waals surface area contributed by atoms with Gasteiger partial charge in [-0.05, 0) is 57.2 Å². The van der Waals surface area contributed by atoms with Crippen LogP contribution in [0.2, 0.25) is 5.02 Å². The lowest BCUT2D eigenvalue weighted by molar-refractivity contribution is -0.153. The molecule has 4 atom stereocenters. The van der Waals surface area contributed by atoms with Gasteiger partial charge in [0.2, 0.25) is 11.7 Å². The average Bonchev–Trinajstić information content (AvgIpc) is 2.89. The lowest BCUT2D eigenvalue weighted by Gasteiger charge is -2.50. The first-order valence-electron chi connectivity index (χ1n) is 14.4. The number of phenolic OH excluding ortho intramolecular Hbond substituents is 1. The number of nitrogens with zero attached hydrogens (tertiary/aromatic N) is 2. The van der Waals surface area contributed by atoms with Gasteiger partial charge in [0, 0.05) is 31.6 Å². The number of benzene rings is 1. The number of carbonyl (C=O) groups excluding carboxylic acids is 4. The van der Waals surface area contributed by atoms with Crippen molar-refractivity contribution >= 4 is 52.1 Å². The molecule has 2 amide bonds. The number of nitrogens with two attached hydrogens (primary N) is 1. The Hall–Kier alpha value is -3.65. The summed E-state index contributed by atoms with van der Waals surface area (Å²) in [5, 5.41) is 51.7. The van der Waals surface area contributed by atoms with Gasteiger partial charge >= 0.3 is 0 Å². The highest BCUT2D eigenvalue weighted by Gasteiger charge is 2.64. The smallest absolute Gasteiger partial charge is 0.255 e. The number of aliphatic hydroxyl groups excluding tert-OH is 2. The summed E-state index contributed by atoms with van der Waals surface area (Å²) >= 11 is 6.77. The minimum absolute atomic E-state index is 0.0254. The lowest BCUT2D eigenvalue weighted by Crippen LogP contribution is -2.65. The molecule has 0 heterocycles. The van der Waals surface area contributed by atoms with E-state index in [1.54, 1.807) is 19.0 Å². The molecule has 0 saturated heterocycles. The van der Waals surface area contributed by atoms with Gasteiger partial charge in [0.1, 0.15) is 22.8 Å². The van der Waals surface area contributed by atoms with Gasteiger partial charge in [0.15, 0.2) is 17.1 Å². The number of carbonyl (C=O) groups is 4. The zero-order valence-electron chi connectivity index (χ0n) is 25.2. The molecule has 238 valence electrons. The monoisotopic (exact) mass is 631 g/mol. The van der Waals surface area contributed by atoms with Crippen LogP contribution in [0, 0.1) is 17.8 Å². The molecule has 14 heteroatoms. The van der Waals surface area contributed by atoms with Gasteiger partial charge in [-0.2, -0.15) is 0 Å². The van der Waals surface area contributed by atoms with Gasteiger partial charge in [0.25, 0.3) is 5.91 Å². The highest BCUT2D eigenvalue weighted by Crippen LogP contribution is 2.56. The second kappa shape index (κ2) is 11.1. The Morgan fingerprint density at radius 3 is 2.27 bits per heavy atom. The molecule has 0 radical (unpaired) electrons. The molecule has 2 saturated carbocycles. The van der Waals surface area contributed by atoms with Crippen molar-refractivity contribution < 1.29 is 39.6 Å². The molecule has 4 aliphatic rings. The SMILES string of the molecule is CC1CC(NCC(=O)Nc2c(O)c3c(c(N(C)C)c2Cl)CC2CC4[C@H](N(C)C)C(=O)C(C(N)=O)=C(O)C4(O)C(=O)C2=C3O)C1. The predicted molar refractivity (Wildman–Crippen MR) is 162 cm³/mol. The minimum Gasteiger partial charge on any atom is -0.508 e. The van der Waals surface area contributed by atoms with E-state index in [0.717, 1.165) is 12.8 Å². The quantitative estimate of drug-likeness (QED) is 0.167. The number of hydrogen-bond acceptors (Lipinski definition) is 11. The number of phenols is 1. The van der Waals surface area contributed by atoms with E-state index >= 15 is 0 Å². The Morgan fingerprint density at radius 2 is 1.73 bits per heavy atom. The van der Waals surface area contributed by atoms with E-state index in [-0.39, 0.29) is 47.3 Å². The third-order valence-electron chi connectivity index (χ3n) is 9.44. The molecule has 8 N–H and O–H groups in total. The summed E-state index contributed by atoms with van der Waals surface area (Å²) in [7, 11) is 6.46. The summed E-state index contributed by atoms with van der Waals surface area (Å²) in [5.41, 5.74) is 1.90. The zero-order chi connectivity index (χ0) is 32.6. The largest absolute Gasteiger partial charge is 0.508 e. The standard InChI is InChI=1S/C30H38ClN5O8/c1-11-6-13(7-11)33-10-16(37)34-21-20(31)22(35(2)3)14-8-12-9-15-23(36(4)5)26(40)19(29(32)43)28(42)30(15,44)27(41)17(12)24(38)18(14)25(21)39/h11-13,15,23,33,38-39,42,44H,6-10H2,1-5H3,(H2,32,43)(H,34,37)/t11?,12?,13?,15?,23-,30?/m0/s1. The van der Waals surface area contributed by atoms with E-state index in [9.17, 15) is 39.6 Å². The molecule has 0 aromatic heterocycles. The number of aromatic hydroxyl groups is 1. The molecule has 2 fully saturated rings. The van der Waals surface area contributed by atoms with Gasteiger partial charge in [-0.1, -0.05) is 18.5 Å². The van der Waals surface area contributed by atoms with Crippen LogP contribution < -0.4 is 21.3 Å². The van der Waals surface area contributed by atoms with Crippen molar-refractivity contribution in [1.29, 1.82) is 0 Å². The molecule has 3 unspecified atom stereocenters. The van der Waals surface area contributed by atoms with Crippen molar-refractivity contribution in [1.82, 2.24) is 10.2 Å². The number of hydrogen-bond donors (Lipinski definition) is 7. The van der Waals surface area contributed by atoms with E-state index < -0.39 is 69.7 Å². The van der Waals surface area contributed by atoms with Crippen molar-refractivity contribution in [2.45, 2.75) is 50.3 Å². The first-order valence-corrected chi connectivity index (χ1v) is 14.8. The van der Waals surface area contributed by atoms with E-state index in [0.29, 0.717) is 17.2 Å². The van der Waals surface area contributed by atoms with Crippen molar-refractivity contribution in [2.75, 3.05) is 45.0 Å². The highest BCUT2D eigenvalue weighted by molar-refractivity contribution is 6.37. The minimum atomic E-state index is -2.75. The van der Waals surface area contributed by atoms with Crippen LogP contribution in [0.25, 0.3) is 5.76 Å². The molecular formula is C30H38ClN5O8. The van der Waals surface area contributed by atoms with Crippen molar-refractivity contribution in [3.05, 3.63) is 33.1 Å². The van der Waals surface area contributed by atoms with Crippen LogP contribution in [-0.2, 0) is 25.6 Å². The summed E-state index contributed by atoms with van der Waals surface area (Å²) in [6.45, 7) is 2.08. The number of likely N-dealkylation sites (N-methyl/N-ethyl adjacent to an activating group) is 1. The number of primary amides is 1. The van der Waals surface area contributed by atoms with Crippen molar-refractivity contribution in [2.24, 2.45) is 23.5 Å². The Balaban J connectivity index is 1.63. The van der Waals surface area contributed by atoms with Crippen LogP contribution in [0.5, 0.6) is 5.75 Å². The highest BCUT2D eigenvalue weighted by atomic mass is 35.5. The van der Waals surface area contributed by atoms with E-state index in [4.69, 9.17) is 17.3 Å². The molecule has 1 aromatic carbocycles. The number of amides is 2. The summed E-state index contributed by atoms with van der Waals surface area (Å²) < 4.78 is 0. The predicted octanol–water partition coefficient (Wildman–Crippen LogP) is 1.01. The normalized spacial score (nSPS) is 29.6. The van der Waals surface area contributed by atoms with Crippen LogP contribution in [-0.4, -0.2) is 101 Å². The number of rotatable bonds is 7. The Labute approximate surface area is 259 Å². The van der Waals surface area contributed by atoms with Crippen LogP contribution in [0.15, 0.2) is 16.9 Å². The van der Waals surface area contributed by atoms with E-state index in [2.05, 4.69) is 17.6 Å². The number of anilines is 2. The molecule has 0 aliphatic heterocycles. The third-order valence-corrected chi connectivity index (χ3v) is 9.81. The van der Waals surface area contributed by atoms with Gasteiger partial charge in [-0.15, -0.1) is 0 Å². The molecule has 5 rings (SSSR count). The molecular weight excluding hydrogens is 594 g/mol. The number of aliphatic hydroxyl groups is 3. The topological polar surface area (TPSA) is 206 Å². The van der Waals surface area contributed by atoms with Gasteiger partial charge in [-0.3, -0.25) is 24.1 Å². The Morgan fingerprint density at radius 1 is 1.09 bits per heavy atom. The van der Waals surface area contributed by atoms with Gasteiger partial charge in [0.05, 0.1) is 28.9 Å². The second-order valence-corrected chi connectivity index (χ2v) is 13.2. The Kier molecular flexibility index (Phi) is 7.98. The molecule has 13 nitrogen and oxygen atoms in total. The van der Waals surface area contributed by atoms with Crippen LogP contribution in [0.3, 0.4) is 0 Å². The first kappa shape index (κ1) is 31.8. The summed E-state index contributed by atoms with van der Waals surface area (Å²) in [6.07, 6.45) is 1.90. The molecule has 44 heavy (non-hydrogen) atoms. The van der Waals surface area contributed by atoms with Crippen molar-refractivity contribution in [3.63, 3.8) is 0 Å². The number of Topliss-reactive ketones (excluding diaryl/α,β-unsaturated/α-hetero) is 2. The maximum Gasteiger partial charge on any atom is 0.255 e. The average molecular weight is 632 g/mol. The lowest BCUT2D eigenvalue weighted by atomic mass is 9.57. The summed E-state index contributed by atoms with van der Waals surface area (Å²) in [6, 6.07) is -0.979. The second-order valence-electron chi connectivity index (χ2n) is 12.8. The van der Waals surface area contributed by atoms with Crippen LogP contribution >= 0.6 is 11.6 Å². The fraction of sp³-hybridized carbons (Fsp3) is 0.533. The maximum absolute atomic E-state index is 14.1. The van der Waals surface area contributed by atoms with Crippen LogP contribution in [0.4, 0.5) is 11.4 Å². The first-order chi connectivity index (χ1) is 20.5. The molecule has 0 bridgehead atoms.